The zero-order chi connectivity index (χ0) is 12.6. The lowest BCUT2D eigenvalue weighted by Crippen LogP contribution is -2.06. The number of nitrogens with zero attached hydrogens (tertiary/aromatic N) is 1. The fourth-order valence-corrected chi connectivity index (χ4v) is 1.77. The molecule has 0 aliphatic rings. The van der Waals surface area contributed by atoms with Crippen LogP contribution in [-0.2, 0) is 6.18 Å². The fourth-order valence-electron chi connectivity index (χ4n) is 1.77. The maximum Gasteiger partial charge on any atom is 0.417 e. The van der Waals surface area contributed by atoms with E-state index in [1.807, 2.05) is 13.8 Å². The molecule has 2 rings (SSSR count). The Hall–Kier alpha value is -1.58. The summed E-state index contributed by atoms with van der Waals surface area (Å²) in [6.45, 7) is 3.99. The van der Waals surface area contributed by atoms with Crippen LogP contribution < -0.4 is 0 Å². The van der Waals surface area contributed by atoms with Crippen LogP contribution in [0.2, 0.25) is 0 Å². The van der Waals surface area contributed by atoms with Gasteiger partial charge in [-0.05, 0) is 23.6 Å². The number of pyridine rings is 1. The Balaban J connectivity index is 2.67. The van der Waals surface area contributed by atoms with Crippen LogP contribution in [0, 0.1) is 0 Å². The van der Waals surface area contributed by atoms with Gasteiger partial charge in [0.25, 0.3) is 0 Å². The van der Waals surface area contributed by atoms with Gasteiger partial charge in [-0.15, -0.1) is 0 Å². The monoisotopic (exact) mass is 239 g/mol. The van der Waals surface area contributed by atoms with Gasteiger partial charge in [-0.25, -0.2) is 0 Å². The third kappa shape index (κ3) is 2.25. The molecule has 1 aromatic heterocycles. The Kier molecular flexibility index (Phi) is 2.81. The lowest BCUT2D eigenvalue weighted by molar-refractivity contribution is -0.136. The van der Waals surface area contributed by atoms with E-state index >= 15 is 0 Å². The summed E-state index contributed by atoms with van der Waals surface area (Å²) in [5.74, 6) is 0.274. The van der Waals surface area contributed by atoms with E-state index in [1.165, 1.54) is 12.3 Å². The van der Waals surface area contributed by atoms with Gasteiger partial charge in [0.1, 0.15) is 0 Å². The summed E-state index contributed by atoms with van der Waals surface area (Å²) < 4.78 is 38.2. The number of hydrogen-bond acceptors (Lipinski definition) is 1. The maximum atomic E-state index is 12.7. The first-order valence-electron chi connectivity index (χ1n) is 5.35. The average molecular weight is 239 g/mol. The number of hydrogen-bond donors (Lipinski definition) is 0. The van der Waals surface area contributed by atoms with E-state index in [-0.39, 0.29) is 11.3 Å². The van der Waals surface area contributed by atoms with E-state index in [0.717, 1.165) is 11.6 Å². The molecular weight excluding hydrogens is 227 g/mol. The van der Waals surface area contributed by atoms with Gasteiger partial charge in [-0.2, -0.15) is 13.2 Å². The number of benzene rings is 1. The molecule has 0 aliphatic heterocycles. The predicted molar refractivity (Wildman–Crippen MR) is 60.8 cm³/mol. The minimum Gasteiger partial charge on any atom is -0.256 e. The van der Waals surface area contributed by atoms with Crippen molar-refractivity contribution in [3.8, 4) is 0 Å². The fraction of sp³-hybridized carbons (Fsp3) is 0.308. The Morgan fingerprint density at radius 3 is 2.41 bits per heavy atom. The van der Waals surface area contributed by atoms with Crippen molar-refractivity contribution >= 4 is 10.9 Å². The Morgan fingerprint density at radius 2 is 1.82 bits per heavy atom. The summed E-state index contributed by atoms with van der Waals surface area (Å²) in [6, 6.07) is 5.96. The minimum atomic E-state index is -4.33. The molecule has 0 unspecified atom stereocenters. The Morgan fingerprint density at radius 1 is 1.12 bits per heavy atom. The number of aromatic nitrogens is 1. The van der Waals surface area contributed by atoms with E-state index in [2.05, 4.69) is 4.98 Å². The molecule has 2 aromatic rings. The summed E-state index contributed by atoms with van der Waals surface area (Å²) >= 11 is 0. The van der Waals surface area contributed by atoms with Crippen LogP contribution in [0.25, 0.3) is 10.9 Å². The summed E-state index contributed by atoms with van der Waals surface area (Å²) in [7, 11) is 0. The molecule has 0 saturated heterocycles. The van der Waals surface area contributed by atoms with E-state index in [1.54, 1.807) is 12.1 Å². The predicted octanol–water partition coefficient (Wildman–Crippen LogP) is 4.38. The molecule has 0 fully saturated rings. The van der Waals surface area contributed by atoms with Crippen molar-refractivity contribution in [2.45, 2.75) is 25.9 Å². The summed E-state index contributed by atoms with van der Waals surface area (Å²) in [4.78, 5) is 4.00. The van der Waals surface area contributed by atoms with Crippen LogP contribution in [-0.4, -0.2) is 4.98 Å². The first kappa shape index (κ1) is 11.9. The minimum absolute atomic E-state index is 0.157. The summed E-state index contributed by atoms with van der Waals surface area (Å²) in [6.07, 6.45) is -3.13. The van der Waals surface area contributed by atoms with E-state index in [0.29, 0.717) is 5.52 Å². The lowest BCUT2D eigenvalue weighted by Gasteiger charge is -2.11. The van der Waals surface area contributed by atoms with Crippen molar-refractivity contribution in [2.75, 3.05) is 0 Å². The molecule has 4 heteroatoms. The number of halogens is 3. The number of alkyl halides is 3. The zero-order valence-corrected chi connectivity index (χ0v) is 9.55. The van der Waals surface area contributed by atoms with Crippen LogP contribution >= 0.6 is 0 Å². The third-order valence-electron chi connectivity index (χ3n) is 2.74. The van der Waals surface area contributed by atoms with Crippen molar-refractivity contribution in [3.63, 3.8) is 0 Å². The molecule has 0 saturated carbocycles. The van der Waals surface area contributed by atoms with Gasteiger partial charge in [0, 0.05) is 11.6 Å². The highest BCUT2D eigenvalue weighted by molar-refractivity contribution is 5.83. The molecule has 1 nitrogen and oxygen atoms in total. The highest BCUT2D eigenvalue weighted by atomic mass is 19.4. The average Bonchev–Trinajstić information content (AvgIpc) is 2.26. The van der Waals surface area contributed by atoms with Crippen molar-refractivity contribution in [2.24, 2.45) is 0 Å². The summed E-state index contributed by atoms with van der Waals surface area (Å²) in [5, 5.41) is 0.157. The van der Waals surface area contributed by atoms with Gasteiger partial charge in [0.2, 0.25) is 0 Å². The maximum absolute atomic E-state index is 12.7. The van der Waals surface area contributed by atoms with Gasteiger partial charge in [-0.3, -0.25) is 4.98 Å². The molecule has 0 aliphatic carbocycles. The second kappa shape index (κ2) is 4.02. The van der Waals surface area contributed by atoms with E-state index in [9.17, 15) is 13.2 Å². The molecule has 1 aromatic carbocycles. The normalized spacial score (nSPS) is 12.4. The molecule has 17 heavy (non-hydrogen) atoms. The van der Waals surface area contributed by atoms with Crippen molar-refractivity contribution in [1.29, 1.82) is 0 Å². The smallest absolute Gasteiger partial charge is 0.256 e. The van der Waals surface area contributed by atoms with Crippen molar-refractivity contribution in [1.82, 2.24) is 4.98 Å². The van der Waals surface area contributed by atoms with Gasteiger partial charge >= 0.3 is 6.18 Å². The largest absolute Gasteiger partial charge is 0.417 e. The van der Waals surface area contributed by atoms with Gasteiger partial charge in [-0.1, -0.05) is 26.0 Å². The van der Waals surface area contributed by atoms with Crippen LogP contribution in [0.4, 0.5) is 13.2 Å². The first-order valence-corrected chi connectivity index (χ1v) is 5.35. The third-order valence-corrected chi connectivity index (χ3v) is 2.74. The lowest BCUT2D eigenvalue weighted by atomic mass is 10.00. The van der Waals surface area contributed by atoms with E-state index < -0.39 is 11.7 Å². The molecular formula is C13H12F3N. The van der Waals surface area contributed by atoms with Crippen LogP contribution in [0.15, 0.2) is 30.5 Å². The first-order chi connectivity index (χ1) is 7.89. The van der Waals surface area contributed by atoms with Crippen LogP contribution in [0.1, 0.15) is 30.9 Å². The second-order valence-electron chi connectivity index (χ2n) is 4.29. The molecule has 0 N–H and O–H groups in total. The molecule has 1 heterocycles. The Bertz CT molecular complexity index is 544. The standard InChI is InChI=1S/C13H12F3N/c1-8(2)9-3-4-10-11(13(14,15)16)5-6-17-12(10)7-9/h3-8H,1-2H3. The SMILES string of the molecule is CC(C)c1ccc2c(C(F)(F)F)ccnc2c1. The summed E-state index contributed by atoms with van der Waals surface area (Å²) in [5.41, 5.74) is 0.758. The van der Waals surface area contributed by atoms with E-state index in [4.69, 9.17) is 0 Å². The van der Waals surface area contributed by atoms with Crippen molar-refractivity contribution < 1.29 is 13.2 Å². The van der Waals surface area contributed by atoms with Crippen LogP contribution in [0.5, 0.6) is 0 Å². The van der Waals surface area contributed by atoms with Gasteiger partial charge < -0.3 is 0 Å². The van der Waals surface area contributed by atoms with Gasteiger partial charge in [0.15, 0.2) is 0 Å². The van der Waals surface area contributed by atoms with Crippen LogP contribution in [0.3, 0.4) is 0 Å². The zero-order valence-electron chi connectivity index (χ0n) is 9.55. The number of rotatable bonds is 1. The Labute approximate surface area is 97.3 Å². The molecule has 0 amide bonds. The molecule has 0 spiro atoms. The molecule has 0 atom stereocenters. The highest BCUT2D eigenvalue weighted by Gasteiger charge is 2.32. The molecule has 90 valence electrons. The molecule has 0 radical (unpaired) electrons. The highest BCUT2D eigenvalue weighted by Crippen LogP contribution is 2.34. The van der Waals surface area contributed by atoms with Crippen molar-refractivity contribution in [3.05, 3.63) is 41.6 Å². The molecule has 0 bridgehead atoms. The topological polar surface area (TPSA) is 12.9 Å². The quantitative estimate of drug-likeness (QED) is 0.719. The second-order valence-corrected chi connectivity index (χ2v) is 4.29. The number of fused-ring (bicyclic) bond motifs is 1. The van der Waals surface area contributed by atoms with Gasteiger partial charge in [0.05, 0.1) is 11.1 Å².